The Bertz CT molecular complexity index is 1230. The molecule has 6 heteroatoms. The molecule has 0 saturated carbocycles. The van der Waals surface area contributed by atoms with Crippen molar-refractivity contribution in [2.24, 2.45) is 5.41 Å². The van der Waals surface area contributed by atoms with Crippen molar-refractivity contribution in [2.45, 2.75) is 60.8 Å². The van der Waals surface area contributed by atoms with Crippen molar-refractivity contribution in [1.29, 1.82) is 0 Å². The normalized spacial score (nSPS) is 11.8. The van der Waals surface area contributed by atoms with Gasteiger partial charge in [0.1, 0.15) is 23.0 Å². The van der Waals surface area contributed by atoms with Crippen molar-refractivity contribution in [3.05, 3.63) is 65.3 Å². The molecule has 0 aliphatic rings. The molecular formula is C28H36N4O2. The number of hydrogen-bond acceptors (Lipinski definition) is 5. The number of nitrogens with zero attached hydrogens (tertiary/aromatic N) is 3. The van der Waals surface area contributed by atoms with Gasteiger partial charge >= 0.3 is 0 Å². The topological polar surface area (TPSA) is 64.6 Å². The fraction of sp³-hybridized carbons (Fsp3) is 0.429. The minimum Gasteiger partial charge on any atom is -0.494 e. The smallest absolute Gasteiger partial charge is 0.141 e. The molecule has 4 aromatic rings. The lowest BCUT2D eigenvalue weighted by Gasteiger charge is -2.19. The first-order valence-corrected chi connectivity index (χ1v) is 12.1. The molecule has 0 saturated heterocycles. The zero-order valence-corrected chi connectivity index (χ0v) is 21.2. The SMILES string of the molecule is CCOc1ccc(CCc2nc3cc(-c4c(C)noc4C)ccn3c2NCCC(C)(C)C)cc1. The molecule has 0 bridgehead atoms. The molecule has 180 valence electrons. The number of imidazole rings is 1. The van der Waals surface area contributed by atoms with Gasteiger partial charge in [0.2, 0.25) is 0 Å². The summed E-state index contributed by atoms with van der Waals surface area (Å²) in [5.74, 6) is 2.82. The van der Waals surface area contributed by atoms with Crippen molar-refractivity contribution in [2.75, 3.05) is 18.5 Å². The Balaban J connectivity index is 1.62. The van der Waals surface area contributed by atoms with Crippen molar-refractivity contribution < 1.29 is 9.26 Å². The average Bonchev–Trinajstić information content (AvgIpc) is 3.31. The zero-order valence-electron chi connectivity index (χ0n) is 21.2. The predicted molar refractivity (Wildman–Crippen MR) is 138 cm³/mol. The van der Waals surface area contributed by atoms with E-state index in [-0.39, 0.29) is 5.41 Å². The molecule has 0 unspecified atom stereocenters. The second kappa shape index (κ2) is 9.92. The van der Waals surface area contributed by atoms with Crippen LogP contribution in [-0.2, 0) is 12.8 Å². The third kappa shape index (κ3) is 5.44. The van der Waals surface area contributed by atoms with E-state index in [2.05, 4.69) is 66.1 Å². The summed E-state index contributed by atoms with van der Waals surface area (Å²) in [6, 6.07) is 12.6. The van der Waals surface area contributed by atoms with Crippen LogP contribution in [0.25, 0.3) is 16.8 Å². The molecular weight excluding hydrogens is 424 g/mol. The van der Waals surface area contributed by atoms with Crippen LogP contribution in [0.5, 0.6) is 5.75 Å². The van der Waals surface area contributed by atoms with E-state index in [0.29, 0.717) is 6.61 Å². The van der Waals surface area contributed by atoms with E-state index in [1.54, 1.807) is 0 Å². The van der Waals surface area contributed by atoms with Crippen LogP contribution in [0.3, 0.4) is 0 Å². The van der Waals surface area contributed by atoms with E-state index in [1.807, 2.05) is 32.9 Å². The van der Waals surface area contributed by atoms with Gasteiger partial charge in [0.05, 0.1) is 18.0 Å². The van der Waals surface area contributed by atoms with E-state index in [0.717, 1.165) is 71.3 Å². The van der Waals surface area contributed by atoms with Gasteiger partial charge in [-0.3, -0.25) is 4.40 Å². The summed E-state index contributed by atoms with van der Waals surface area (Å²) in [6.45, 7) is 14.3. The Hall–Kier alpha value is -3.28. The molecule has 1 aromatic carbocycles. The average molecular weight is 461 g/mol. The van der Waals surface area contributed by atoms with Crippen LogP contribution in [-0.4, -0.2) is 27.7 Å². The summed E-state index contributed by atoms with van der Waals surface area (Å²) in [5.41, 5.74) is 6.57. The first-order valence-electron chi connectivity index (χ1n) is 12.1. The minimum atomic E-state index is 0.270. The molecule has 4 rings (SSSR count). The number of aryl methyl sites for hydroxylation is 4. The molecule has 34 heavy (non-hydrogen) atoms. The summed E-state index contributed by atoms with van der Waals surface area (Å²) < 4.78 is 13.1. The number of ether oxygens (including phenoxy) is 1. The van der Waals surface area contributed by atoms with Crippen LogP contribution >= 0.6 is 0 Å². The van der Waals surface area contributed by atoms with Gasteiger partial charge in [0, 0.05) is 18.3 Å². The van der Waals surface area contributed by atoms with Crippen LogP contribution in [0.2, 0.25) is 0 Å². The Morgan fingerprint density at radius 2 is 1.82 bits per heavy atom. The molecule has 0 amide bonds. The summed E-state index contributed by atoms with van der Waals surface area (Å²) in [6.07, 6.45) is 4.95. The third-order valence-electron chi connectivity index (χ3n) is 6.07. The molecule has 0 atom stereocenters. The number of anilines is 1. The first-order chi connectivity index (χ1) is 16.2. The summed E-state index contributed by atoms with van der Waals surface area (Å²) in [7, 11) is 0. The highest BCUT2D eigenvalue weighted by atomic mass is 16.5. The predicted octanol–water partition coefficient (Wildman–Crippen LogP) is 6.64. The number of fused-ring (bicyclic) bond motifs is 1. The van der Waals surface area contributed by atoms with Crippen LogP contribution in [0.4, 0.5) is 5.82 Å². The number of pyridine rings is 1. The van der Waals surface area contributed by atoms with Gasteiger partial charge in [0.25, 0.3) is 0 Å². The summed E-state index contributed by atoms with van der Waals surface area (Å²) in [5, 5.41) is 7.80. The van der Waals surface area contributed by atoms with Gasteiger partial charge in [-0.05, 0) is 80.8 Å². The molecule has 0 spiro atoms. The Kier molecular flexibility index (Phi) is 6.96. The lowest BCUT2D eigenvalue weighted by molar-refractivity contribution is 0.340. The number of nitrogens with one attached hydrogen (secondary N) is 1. The standard InChI is InChI=1S/C28H36N4O2/c1-7-33-23-11-8-21(9-12-23)10-13-24-27(29-16-15-28(4,5)6)32-17-14-22(18-25(32)30-24)26-19(2)31-34-20(26)3/h8-9,11-12,14,17-18,29H,7,10,13,15-16H2,1-6H3. The van der Waals surface area contributed by atoms with E-state index >= 15 is 0 Å². The highest BCUT2D eigenvalue weighted by Crippen LogP contribution is 2.30. The van der Waals surface area contributed by atoms with Gasteiger partial charge in [-0.15, -0.1) is 0 Å². The van der Waals surface area contributed by atoms with E-state index < -0.39 is 0 Å². The quantitative estimate of drug-likeness (QED) is 0.303. The van der Waals surface area contributed by atoms with Crippen LogP contribution in [0.15, 0.2) is 47.1 Å². The molecule has 6 nitrogen and oxygen atoms in total. The minimum absolute atomic E-state index is 0.270. The molecule has 0 radical (unpaired) electrons. The number of benzene rings is 1. The highest BCUT2D eigenvalue weighted by molar-refractivity contribution is 5.72. The highest BCUT2D eigenvalue weighted by Gasteiger charge is 2.17. The number of aromatic nitrogens is 3. The maximum Gasteiger partial charge on any atom is 0.141 e. The fourth-order valence-corrected chi connectivity index (χ4v) is 4.24. The fourth-order valence-electron chi connectivity index (χ4n) is 4.24. The first kappa shape index (κ1) is 23.9. The van der Waals surface area contributed by atoms with Gasteiger partial charge in [-0.25, -0.2) is 4.98 Å². The number of hydrogen-bond donors (Lipinski definition) is 1. The van der Waals surface area contributed by atoms with E-state index in [4.69, 9.17) is 14.2 Å². The van der Waals surface area contributed by atoms with Crippen molar-refractivity contribution >= 4 is 11.5 Å². The van der Waals surface area contributed by atoms with Gasteiger partial charge < -0.3 is 14.6 Å². The molecule has 0 aliphatic heterocycles. The monoisotopic (exact) mass is 460 g/mol. The van der Waals surface area contributed by atoms with Crippen molar-refractivity contribution in [3.63, 3.8) is 0 Å². The Morgan fingerprint density at radius 3 is 2.47 bits per heavy atom. The van der Waals surface area contributed by atoms with Gasteiger partial charge in [-0.1, -0.05) is 38.1 Å². The molecule has 3 heterocycles. The van der Waals surface area contributed by atoms with E-state index in [1.165, 1.54) is 5.56 Å². The lowest BCUT2D eigenvalue weighted by Crippen LogP contribution is -2.14. The van der Waals surface area contributed by atoms with E-state index in [9.17, 15) is 0 Å². The van der Waals surface area contributed by atoms with Crippen LogP contribution in [0.1, 0.15) is 56.8 Å². The molecule has 1 N–H and O–H groups in total. The number of rotatable bonds is 9. The Labute approximate surface area is 202 Å². The third-order valence-corrected chi connectivity index (χ3v) is 6.07. The molecule has 3 aromatic heterocycles. The molecule has 0 aliphatic carbocycles. The van der Waals surface area contributed by atoms with Crippen LogP contribution in [0, 0.1) is 19.3 Å². The second-order valence-corrected chi connectivity index (χ2v) is 10.1. The van der Waals surface area contributed by atoms with Crippen LogP contribution < -0.4 is 10.1 Å². The van der Waals surface area contributed by atoms with Gasteiger partial charge in [-0.2, -0.15) is 0 Å². The summed E-state index contributed by atoms with van der Waals surface area (Å²) in [4.78, 5) is 5.04. The van der Waals surface area contributed by atoms with Crippen molar-refractivity contribution in [3.8, 4) is 16.9 Å². The zero-order chi connectivity index (χ0) is 24.3. The maximum atomic E-state index is 5.58. The lowest BCUT2D eigenvalue weighted by atomic mass is 9.92. The largest absolute Gasteiger partial charge is 0.494 e. The second-order valence-electron chi connectivity index (χ2n) is 10.1. The van der Waals surface area contributed by atoms with Crippen molar-refractivity contribution in [1.82, 2.24) is 14.5 Å². The summed E-state index contributed by atoms with van der Waals surface area (Å²) >= 11 is 0. The maximum absolute atomic E-state index is 5.58. The molecule has 0 fully saturated rings. The Morgan fingerprint density at radius 1 is 1.06 bits per heavy atom. The van der Waals surface area contributed by atoms with Gasteiger partial charge in [0.15, 0.2) is 0 Å².